The van der Waals surface area contributed by atoms with E-state index in [9.17, 15) is 4.79 Å². The zero-order chi connectivity index (χ0) is 22.6. The molecule has 0 unspecified atom stereocenters. The first kappa shape index (κ1) is 23.7. The minimum Gasteiger partial charge on any atom is -0.426 e. The number of benzene rings is 2. The van der Waals surface area contributed by atoms with E-state index >= 15 is 0 Å². The number of hydrogen-bond acceptors (Lipinski definition) is 2. The van der Waals surface area contributed by atoms with Gasteiger partial charge in [0, 0.05) is 23.1 Å². The first-order valence-corrected chi connectivity index (χ1v) is 12.1. The first-order chi connectivity index (χ1) is 15.7. The molecule has 2 aromatic rings. The standard InChI is InChI=1S/C30H34O2/c1-3-5-7-9-25-10-12-26(13-11-25)14-15-27-18-22-29(23-19-27)32-30(31)28-20-16-24(17-21-28)8-6-4-2/h10-13,18-19,22-24,28H,3-6,8,16-17,20-21H2,1-2H3. The summed E-state index contributed by atoms with van der Waals surface area (Å²) in [6.45, 7) is 4.37. The number of ether oxygens (including phenoxy) is 1. The van der Waals surface area contributed by atoms with Gasteiger partial charge in [-0.2, -0.15) is 0 Å². The number of hydrogen-bond donors (Lipinski definition) is 0. The summed E-state index contributed by atoms with van der Waals surface area (Å²) in [5.41, 5.74) is 2.87. The Kier molecular flexibility index (Phi) is 9.46. The van der Waals surface area contributed by atoms with Crippen LogP contribution in [0.2, 0.25) is 0 Å². The van der Waals surface area contributed by atoms with Gasteiger partial charge in [-0.15, -0.1) is 0 Å². The second-order valence-electron chi connectivity index (χ2n) is 8.68. The average molecular weight is 427 g/mol. The van der Waals surface area contributed by atoms with Crippen molar-refractivity contribution in [1.29, 1.82) is 0 Å². The van der Waals surface area contributed by atoms with E-state index in [1.165, 1.54) is 19.3 Å². The molecular formula is C30H34O2. The highest BCUT2D eigenvalue weighted by atomic mass is 16.5. The molecule has 0 N–H and O–H groups in total. The summed E-state index contributed by atoms with van der Waals surface area (Å²) in [6, 6.07) is 15.5. The van der Waals surface area contributed by atoms with Gasteiger partial charge in [0.2, 0.25) is 0 Å². The molecule has 0 saturated heterocycles. The largest absolute Gasteiger partial charge is 0.426 e. The quantitative estimate of drug-likeness (QED) is 0.279. The van der Waals surface area contributed by atoms with Gasteiger partial charge < -0.3 is 4.74 Å². The third-order valence-electron chi connectivity index (χ3n) is 6.06. The van der Waals surface area contributed by atoms with Crippen LogP contribution in [0.15, 0.2) is 48.5 Å². The van der Waals surface area contributed by atoms with Crippen molar-refractivity contribution in [2.45, 2.75) is 71.6 Å². The van der Waals surface area contributed by atoms with Gasteiger partial charge in [0.1, 0.15) is 5.75 Å². The fraction of sp³-hybridized carbons (Fsp3) is 0.433. The molecule has 1 aliphatic carbocycles. The molecule has 1 aliphatic rings. The summed E-state index contributed by atoms with van der Waals surface area (Å²) in [6.07, 6.45) is 10.1. The molecule has 0 aliphatic heterocycles. The van der Waals surface area contributed by atoms with E-state index in [2.05, 4.69) is 37.5 Å². The zero-order valence-corrected chi connectivity index (χ0v) is 19.5. The lowest BCUT2D eigenvalue weighted by Crippen LogP contribution is -2.25. The Morgan fingerprint density at radius 1 is 0.812 bits per heavy atom. The van der Waals surface area contributed by atoms with Crippen LogP contribution in [0.1, 0.15) is 88.3 Å². The smallest absolute Gasteiger partial charge is 0.314 e. The van der Waals surface area contributed by atoms with E-state index in [-0.39, 0.29) is 11.9 Å². The third-order valence-corrected chi connectivity index (χ3v) is 6.06. The van der Waals surface area contributed by atoms with Crippen LogP contribution in [0.4, 0.5) is 0 Å². The minimum absolute atomic E-state index is 0.0435. The van der Waals surface area contributed by atoms with Gasteiger partial charge in [-0.1, -0.05) is 56.8 Å². The van der Waals surface area contributed by atoms with E-state index in [0.717, 1.165) is 61.1 Å². The molecule has 0 radical (unpaired) electrons. The molecule has 1 fully saturated rings. The Morgan fingerprint density at radius 2 is 1.38 bits per heavy atom. The Labute approximate surface area is 193 Å². The van der Waals surface area contributed by atoms with E-state index in [4.69, 9.17) is 4.74 Å². The highest BCUT2D eigenvalue weighted by Crippen LogP contribution is 2.32. The molecule has 0 aromatic heterocycles. The van der Waals surface area contributed by atoms with Gasteiger partial charge in [0.15, 0.2) is 0 Å². The fourth-order valence-electron chi connectivity index (χ4n) is 4.06. The van der Waals surface area contributed by atoms with Gasteiger partial charge in [-0.3, -0.25) is 4.79 Å². The molecule has 2 aromatic carbocycles. The summed E-state index contributed by atoms with van der Waals surface area (Å²) < 4.78 is 5.64. The predicted molar refractivity (Wildman–Crippen MR) is 131 cm³/mol. The zero-order valence-electron chi connectivity index (χ0n) is 19.5. The molecule has 3 rings (SSSR count). The van der Waals surface area contributed by atoms with Crippen molar-refractivity contribution in [2.75, 3.05) is 0 Å². The lowest BCUT2D eigenvalue weighted by molar-refractivity contribution is -0.140. The topological polar surface area (TPSA) is 26.3 Å². The SMILES string of the molecule is CCCC#Cc1ccc(C#Cc2ccc(OC(=O)C3CCC(CCCC)CC3)cc2)cc1. The summed E-state index contributed by atoms with van der Waals surface area (Å²) in [7, 11) is 0. The van der Waals surface area contributed by atoms with Gasteiger partial charge in [-0.05, 0) is 86.6 Å². The van der Waals surface area contributed by atoms with Gasteiger partial charge in [0.25, 0.3) is 0 Å². The number of unbranched alkanes of at least 4 members (excludes halogenated alkanes) is 2. The number of esters is 1. The summed E-state index contributed by atoms with van der Waals surface area (Å²) in [5.74, 6) is 14.0. The van der Waals surface area contributed by atoms with Crippen LogP contribution in [-0.4, -0.2) is 5.97 Å². The Hall–Kier alpha value is -2.97. The van der Waals surface area contributed by atoms with Crippen LogP contribution in [0.3, 0.4) is 0 Å². The average Bonchev–Trinajstić information content (AvgIpc) is 2.83. The monoisotopic (exact) mass is 426 g/mol. The van der Waals surface area contributed by atoms with Crippen LogP contribution >= 0.6 is 0 Å². The van der Waals surface area contributed by atoms with Crippen molar-refractivity contribution in [2.24, 2.45) is 11.8 Å². The van der Waals surface area contributed by atoms with E-state index in [1.807, 2.05) is 48.5 Å². The van der Waals surface area contributed by atoms with Crippen molar-refractivity contribution in [3.05, 3.63) is 65.2 Å². The van der Waals surface area contributed by atoms with Gasteiger partial charge in [-0.25, -0.2) is 0 Å². The molecule has 0 spiro atoms. The van der Waals surface area contributed by atoms with Gasteiger partial charge in [0.05, 0.1) is 5.92 Å². The Morgan fingerprint density at radius 3 is 1.94 bits per heavy atom. The van der Waals surface area contributed by atoms with Crippen LogP contribution < -0.4 is 4.74 Å². The number of carbonyl (C=O) groups is 1. The van der Waals surface area contributed by atoms with Crippen molar-refractivity contribution in [1.82, 2.24) is 0 Å². The fourth-order valence-corrected chi connectivity index (χ4v) is 4.06. The molecule has 2 heteroatoms. The molecular weight excluding hydrogens is 392 g/mol. The number of carbonyl (C=O) groups excluding carboxylic acids is 1. The van der Waals surface area contributed by atoms with Crippen molar-refractivity contribution >= 4 is 5.97 Å². The highest BCUT2D eigenvalue weighted by molar-refractivity contribution is 5.75. The Balaban J connectivity index is 1.49. The van der Waals surface area contributed by atoms with Crippen molar-refractivity contribution in [3.63, 3.8) is 0 Å². The van der Waals surface area contributed by atoms with E-state index in [0.29, 0.717) is 5.75 Å². The van der Waals surface area contributed by atoms with Crippen molar-refractivity contribution in [3.8, 4) is 29.4 Å². The maximum Gasteiger partial charge on any atom is 0.314 e. The summed E-state index contributed by atoms with van der Waals surface area (Å²) >= 11 is 0. The van der Waals surface area contributed by atoms with Gasteiger partial charge >= 0.3 is 5.97 Å². The molecule has 166 valence electrons. The van der Waals surface area contributed by atoms with E-state index < -0.39 is 0 Å². The minimum atomic E-state index is -0.0834. The third kappa shape index (κ3) is 7.62. The molecule has 0 bridgehead atoms. The summed E-state index contributed by atoms with van der Waals surface area (Å²) in [4.78, 5) is 12.5. The molecule has 32 heavy (non-hydrogen) atoms. The molecule has 0 atom stereocenters. The summed E-state index contributed by atoms with van der Waals surface area (Å²) in [5, 5.41) is 0. The second kappa shape index (κ2) is 12.8. The highest BCUT2D eigenvalue weighted by Gasteiger charge is 2.27. The van der Waals surface area contributed by atoms with Crippen LogP contribution in [0.5, 0.6) is 5.75 Å². The van der Waals surface area contributed by atoms with Crippen LogP contribution in [0.25, 0.3) is 0 Å². The first-order valence-electron chi connectivity index (χ1n) is 12.1. The van der Waals surface area contributed by atoms with Crippen LogP contribution in [-0.2, 0) is 4.79 Å². The predicted octanol–water partition coefficient (Wildman–Crippen LogP) is 7.14. The normalized spacial score (nSPS) is 17.4. The molecule has 1 saturated carbocycles. The molecule has 0 amide bonds. The number of rotatable bonds is 6. The van der Waals surface area contributed by atoms with Crippen LogP contribution in [0, 0.1) is 35.5 Å². The molecule has 0 heterocycles. The molecule has 2 nitrogen and oxygen atoms in total. The Bertz CT molecular complexity index is 970. The maximum atomic E-state index is 12.5. The maximum absolute atomic E-state index is 12.5. The lowest BCUT2D eigenvalue weighted by Gasteiger charge is -2.27. The lowest BCUT2D eigenvalue weighted by atomic mass is 9.80. The van der Waals surface area contributed by atoms with Crippen molar-refractivity contribution < 1.29 is 9.53 Å². The van der Waals surface area contributed by atoms with E-state index in [1.54, 1.807) is 0 Å². The second-order valence-corrected chi connectivity index (χ2v) is 8.68.